The Hall–Kier alpha value is -3.06. The second-order valence-electron chi connectivity index (χ2n) is 5.46. The number of aliphatic imine (C=N–C) groups is 1. The van der Waals surface area contributed by atoms with Crippen molar-refractivity contribution in [2.24, 2.45) is 4.99 Å². The quantitative estimate of drug-likeness (QED) is 0.777. The highest BCUT2D eigenvalue weighted by Gasteiger charge is 2.32. The number of hydrogen-bond donors (Lipinski definition) is 1. The molecule has 0 fully saturated rings. The first-order valence-corrected chi connectivity index (χ1v) is 9.07. The highest BCUT2D eigenvalue weighted by Crippen LogP contribution is 2.40. The number of aromatic nitrogens is 1. The third-order valence-electron chi connectivity index (χ3n) is 3.64. The Balaban J connectivity index is 1.97. The average molecular weight is 382 g/mol. The fourth-order valence-electron chi connectivity index (χ4n) is 2.40. The van der Waals surface area contributed by atoms with Crippen molar-refractivity contribution < 1.29 is 19.4 Å². The molecular weight excluding hydrogens is 364 g/mol. The summed E-state index contributed by atoms with van der Waals surface area (Å²) in [4.78, 5) is 21.2. The lowest BCUT2D eigenvalue weighted by molar-refractivity contribution is -0.135. The van der Waals surface area contributed by atoms with E-state index in [-0.39, 0.29) is 11.3 Å². The molecule has 0 spiro atoms. The van der Waals surface area contributed by atoms with Gasteiger partial charge in [-0.05, 0) is 48.9 Å². The number of carbonyl (C=O) groups is 1. The number of thioether (sulfide) groups is 1. The number of methoxy groups -OCH3 is 1. The van der Waals surface area contributed by atoms with Crippen molar-refractivity contribution in [1.29, 1.82) is 0 Å². The molecule has 0 amide bonds. The van der Waals surface area contributed by atoms with Crippen LogP contribution in [-0.4, -0.2) is 34.8 Å². The topological polar surface area (TPSA) is 81.0 Å². The summed E-state index contributed by atoms with van der Waals surface area (Å²) in [5.74, 6) is -0.0519. The van der Waals surface area contributed by atoms with Crippen molar-refractivity contribution in [3.63, 3.8) is 0 Å². The van der Waals surface area contributed by atoms with Gasteiger partial charge in [0.1, 0.15) is 22.1 Å². The number of benzene rings is 1. The summed E-state index contributed by atoms with van der Waals surface area (Å²) in [5.41, 5.74) is 1.49. The number of hydrogen-bond acceptors (Lipinski definition) is 7. The molecule has 2 heterocycles. The van der Waals surface area contributed by atoms with Crippen LogP contribution in [0, 0.1) is 0 Å². The molecule has 1 aliphatic heterocycles. The van der Waals surface area contributed by atoms with Crippen LogP contribution in [0.15, 0.2) is 70.0 Å². The summed E-state index contributed by atoms with van der Waals surface area (Å²) < 4.78 is 10.2. The number of esters is 1. The van der Waals surface area contributed by atoms with E-state index in [1.807, 2.05) is 13.0 Å². The van der Waals surface area contributed by atoms with Crippen LogP contribution in [0.4, 0.5) is 5.69 Å². The molecule has 1 aromatic carbocycles. The van der Waals surface area contributed by atoms with Gasteiger partial charge < -0.3 is 14.6 Å². The predicted molar refractivity (Wildman–Crippen MR) is 106 cm³/mol. The van der Waals surface area contributed by atoms with E-state index >= 15 is 0 Å². The number of carbonyl (C=O) groups excluding carboxylic acids is 1. The molecule has 0 bridgehead atoms. The highest BCUT2D eigenvalue weighted by atomic mass is 32.2. The van der Waals surface area contributed by atoms with Gasteiger partial charge in [0, 0.05) is 12.4 Å². The average Bonchev–Trinajstić information content (AvgIpc) is 2.99. The molecular formula is C20H18N2O4S. The monoisotopic (exact) mass is 382 g/mol. The minimum Gasteiger partial charge on any atom is -0.506 e. The number of rotatable bonds is 5. The van der Waals surface area contributed by atoms with Crippen molar-refractivity contribution in [2.45, 2.75) is 6.92 Å². The van der Waals surface area contributed by atoms with Crippen molar-refractivity contribution >= 4 is 34.5 Å². The predicted octanol–water partition coefficient (Wildman–Crippen LogP) is 4.28. The van der Waals surface area contributed by atoms with E-state index in [0.717, 1.165) is 11.3 Å². The normalized spacial score (nSPS) is 16.8. The van der Waals surface area contributed by atoms with E-state index < -0.39 is 5.97 Å². The molecule has 0 saturated carbocycles. The van der Waals surface area contributed by atoms with Gasteiger partial charge in [0.05, 0.1) is 24.3 Å². The van der Waals surface area contributed by atoms with Crippen molar-refractivity contribution in [3.05, 3.63) is 70.6 Å². The molecule has 0 atom stereocenters. The molecule has 1 N–H and O–H groups in total. The number of ether oxygens (including phenoxy) is 2. The van der Waals surface area contributed by atoms with Gasteiger partial charge in [-0.2, -0.15) is 0 Å². The van der Waals surface area contributed by atoms with Gasteiger partial charge in [0.25, 0.3) is 0 Å². The Morgan fingerprint density at radius 2 is 2.07 bits per heavy atom. The van der Waals surface area contributed by atoms with Crippen LogP contribution in [0.2, 0.25) is 0 Å². The van der Waals surface area contributed by atoms with Crippen LogP contribution in [-0.2, 0) is 9.53 Å². The second-order valence-corrected chi connectivity index (χ2v) is 6.49. The number of nitrogens with zero attached hydrogens (tertiary/aromatic N) is 2. The summed E-state index contributed by atoms with van der Waals surface area (Å²) >= 11 is 1.20. The maximum absolute atomic E-state index is 12.2. The molecule has 2 aromatic rings. The van der Waals surface area contributed by atoms with Crippen molar-refractivity contribution in [2.75, 3.05) is 13.7 Å². The van der Waals surface area contributed by atoms with Gasteiger partial charge in [-0.25, -0.2) is 9.79 Å². The van der Waals surface area contributed by atoms with E-state index in [4.69, 9.17) is 9.47 Å². The zero-order valence-electron chi connectivity index (χ0n) is 14.9. The third kappa shape index (κ3) is 4.38. The summed E-state index contributed by atoms with van der Waals surface area (Å²) in [6.45, 7) is 2.49. The molecule has 138 valence electrons. The molecule has 0 unspecified atom stereocenters. The first kappa shape index (κ1) is 18.7. The van der Waals surface area contributed by atoms with Gasteiger partial charge in [0.15, 0.2) is 0 Å². The lowest BCUT2D eigenvalue weighted by Crippen LogP contribution is -2.10. The largest absolute Gasteiger partial charge is 0.506 e. The third-order valence-corrected chi connectivity index (χ3v) is 4.66. The lowest BCUT2D eigenvalue weighted by atomic mass is 10.2. The number of aliphatic hydroxyl groups excluding tert-OH is 1. The Kier molecular flexibility index (Phi) is 5.93. The highest BCUT2D eigenvalue weighted by molar-refractivity contribution is 8.18. The maximum Gasteiger partial charge on any atom is 0.344 e. The van der Waals surface area contributed by atoms with Crippen LogP contribution < -0.4 is 4.74 Å². The number of aliphatic hydroxyl groups is 1. The minimum absolute atomic E-state index is 0.0477. The maximum atomic E-state index is 12.2. The lowest BCUT2D eigenvalue weighted by Gasteiger charge is -2.04. The minimum atomic E-state index is -0.640. The van der Waals surface area contributed by atoms with Crippen LogP contribution in [0.25, 0.3) is 6.08 Å². The van der Waals surface area contributed by atoms with Crippen LogP contribution in [0.5, 0.6) is 5.75 Å². The Morgan fingerprint density at radius 1 is 1.30 bits per heavy atom. The first-order valence-electron chi connectivity index (χ1n) is 8.25. The molecule has 0 aliphatic carbocycles. The van der Waals surface area contributed by atoms with E-state index in [1.165, 1.54) is 18.9 Å². The summed E-state index contributed by atoms with van der Waals surface area (Å²) in [6, 6.07) is 10.8. The number of pyridine rings is 1. The van der Waals surface area contributed by atoms with Gasteiger partial charge in [-0.15, -0.1) is 0 Å². The van der Waals surface area contributed by atoms with E-state index in [1.54, 1.807) is 48.8 Å². The van der Waals surface area contributed by atoms with Gasteiger partial charge in [-0.3, -0.25) is 4.98 Å². The van der Waals surface area contributed by atoms with E-state index in [2.05, 4.69) is 9.98 Å². The molecule has 1 aromatic heterocycles. The second kappa shape index (κ2) is 8.55. The Bertz CT molecular complexity index is 919. The zero-order chi connectivity index (χ0) is 19.2. The molecule has 27 heavy (non-hydrogen) atoms. The standard InChI is InChI=1S/C20H18N2O4S/c1-3-26-15-8-6-14(7-9-15)22-19-17(20(24)25-2)18(23)16(27-19)11-13-5-4-10-21-12-13/h4-12,23H,3H2,1-2H3/b16-11+,22-19?. The molecule has 7 heteroatoms. The molecule has 0 saturated heterocycles. The van der Waals surface area contributed by atoms with Gasteiger partial charge >= 0.3 is 5.97 Å². The fraction of sp³-hybridized carbons (Fsp3) is 0.150. The summed E-state index contributed by atoms with van der Waals surface area (Å²) in [6.07, 6.45) is 5.08. The zero-order valence-corrected chi connectivity index (χ0v) is 15.7. The van der Waals surface area contributed by atoms with Crippen molar-refractivity contribution in [1.82, 2.24) is 4.98 Å². The SMILES string of the molecule is CCOc1ccc(N=C2S/C(=C/c3cccnc3)C(O)=C2C(=O)OC)cc1. The fourth-order valence-corrected chi connectivity index (χ4v) is 3.44. The molecule has 6 nitrogen and oxygen atoms in total. The van der Waals surface area contributed by atoms with E-state index in [0.29, 0.717) is 22.2 Å². The van der Waals surface area contributed by atoms with E-state index in [9.17, 15) is 9.90 Å². The molecule has 1 aliphatic rings. The first-order chi connectivity index (χ1) is 13.1. The Morgan fingerprint density at radius 3 is 2.70 bits per heavy atom. The molecule has 0 radical (unpaired) electrons. The van der Waals surface area contributed by atoms with Gasteiger partial charge in [0.2, 0.25) is 0 Å². The smallest absolute Gasteiger partial charge is 0.344 e. The van der Waals surface area contributed by atoms with Crippen molar-refractivity contribution in [3.8, 4) is 5.75 Å². The molecule has 3 rings (SSSR count). The van der Waals surface area contributed by atoms with Gasteiger partial charge in [-0.1, -0.05) is 17.8 Å². The van der Waals surface area contributed by atoms with Crippen LogP contribution >= 0.6 is 11.8 Å². The van der Waals surface area contributed by atoms with Crippen LogP contribution in [0.1, 0.15) is 12.5 Å². The summed E-state index contributed by atoms with van der Waals surface area (Å²) in [5, 5.41) is 10.9. The Labute approximate surface area is 161 Å². The van der Waals surface area contributed by atoms with Crippen LogP contribution in [0.3, 0.4) is 0 Å². The summed E-state index contributed by atoms with van der Waals surface area (Å²) in [7, 11) is 1.27.